The van der Waals surface area contributed by atoms with E-state index >= 15 is 0 Å². The Morgan fingerprint density at radius 2 is 2.62 bits per heavy atom. The van der Waals surface area contributed by atoms with E-state index in [1.807, 2.05) is 0 Å². The Hall–Kier alpha value is -0.920. The normalized spacial score (nSPS) is 25.6. The lowest BCUT2D eigenvalue weighted by Crippen LogP contribution is -2.22. The monoisotopic (exact) mass is 117 g/mol. The maximum atomic E-state index is 9.65. The summed E-state index contributed by atoms with van der Waals surface area (Å²) in [6, 6.07) is 0. The lowest BCUT2D eigenvalue weighted by Gasteiger charge is -1.83. The van der Waals surface area contributed by atoms with Crippen molar-refractivity contribution in [3.63, 3.8) is 0 Å². The first-order chi connectivity index (χ1) is 3.75. The number of rotatable bonds is 2. The third kappa shape index (κ3) is 0.689. The van der Waals surface area contributed by atoms with Crippen LogP contribution < -0.4 is 16.7 Å². The SMILES string of the molecule is [N]NC1NN1[N+](=O)[O-]. The van der Waals surface area contributed by atoms with Crippen LogP contribution in [0.3, 0.4) is 0 Å². The zero-order valence-corrected chi connectivity index (χ0v) is 3.74. The van der Waals surface area contributed by atoms with Gasteiger partial charge in [-0.3, -0.25) is 0 Å². The molecule has 0 amide bonds. The summed E-state index contributed by atoms with van der Waals surface area (Å²) in [5, 5.41) is 9.60. The van der Waals surface area contributed by atoms with Gasteiger partial charge in [-0.15, -0.1) is 5.43 Å². The topological polar surface area (TPSA) is 102 Å². The predicted molar refractivity (Wildman–Crippen MR) is 21.0 cm³/mol. The molecule has 1 fully saturated rings. The van der Waals surface area contributed by atoms with Crippen molar-refractivity contribution in [1.82, 2.24) is 21.8 Å². The van der Waals surface area contributed by atoms with Crippen molar-refractivity contribution < 1.29 is 5.03 Å². The highest BCUT2D eigenvalue weighted by Gasteiger charge is 2.43. The van der Waals surface area contributed by atoms with Crippen LogP contribution in [0.25, 0.3) is 0 Å². The Bertz CT molecular complexity index is 113. The second-order valence-electron chi connectivity index (χ2n) is 1.24. The van der Waals surface area contributed by atoms with Crippen LogP contribution >= 0.6 is 0 Å². The predicted octanol–water partition coefficient (Wildman–Crippen LogP) is -2.14. The molecule has 44 valence electrons. The van der Waals surface area contributed by atoms with Crippen LogP contribution in [-0.2, 0) is 0 Å². The van der Waals surface area contributed by atoms with Crippen LogP contribution in [-0.4, -0.2) is 16.4 Å². The summed E-state index contributed by atoms with van der Waals surface area (Å²) >= 11 is 0. The fourth-order valence-electron chi connectivity index (χ4n) is 0.317. The van der Waals surface area contributed by atoms with Crippen LogP contribution in [0, 0.1) is 10.1 Å². The minimum atomic E-state index is -0.718. The van der Waals surface area contributed by atoms with E-state index in [4.69, 9.17) is 5.84 Å². The van der Waals surface area contributed by atoms with Crippen molar-refractivity contribution in [3.05, 3.63) is 10.1 Å². The maximum absolute atomic E-state index is 9.65. The molecule has 0 aromatic carbocycles. The summed E-state index contributed by atoms with van der Waals surface area (Å²) in [7, 11) is 0. The average Bonchev–Trinajstić information content (AvgIpc) is 2.42. The fraction of sp³-hybridized carbons (Fsp3) is 1.00. The van der Waals surface area contributed by atoms with Crippen molar-refractivity contribution >= 4 is 0 Å². The van der Waals surface area contributed by atoms with Crippen LogP contribution in [0.15, 0.2) is 0 Å². The van der Waals surface area contributed by atoms with Gasteiger partial charge in [0.05, 0.1) is 0 Å². The zero-order chi connectivity index (χ0) is 6.15. The first kappa shape index (κ1) is 5.22. The first-order valence-electron chi connectivity index (χ1n) is 1.85. The summed E-state index contributed by atoms with van der Waals surface area (Å²) in [5.74, 6) is 7.97. The number of nitrogens with one attached hydrogen (secondary N) is 2. The Balaban J connectivity index is 2.26. The van der Waals surface area contributed by atoms with Gasteiger partial charge in [-0.05, 0) is 11.0 Å². The van der Waals surface area contributed by atoms with Gasteiger partial charge in [0.25, 0.3) is 0 Å². The number of hydrogen-bond acceptors (Lipinski definition) is 4. The Kier molecular flexibility index (Phi) is 1.01. The zero-order valence-electron chi connectivity index (χ0n) is 3.74. The highest BCUT2D eigenvalue weighted by atomic mass is 16.7. The van der Waals surface area contributed by atoms with Crippen LogP contribution in [0.5, 0.6) is 0 Å². The Morgan fingerprint density at radius 3 is 2.75 bits per heavy atom. The molecule has 1 rings (SSSR count). The van der Waals surface area contributed by atoms with Crippen molar-refractivity contribution in [2.24, 2.45) is 0 Å². The van der Waals surface area contributed by atoms with Crippen molar-refractivity contribution in [3.8, 4) is 0 Å². The fourth-order valence-corrected chi connectivity index (χ4v) is 0.317. The van der Waals surface area contributed by atoms with Gasteiger partial charge in [-0.1, -0.05) is 0 Å². The van der Waals surface area contributed by atoms with Crippen LogP contribution in [0.4, 0.5) is 0 Å². The molecule has 1 saturated heterocycles. The molecule has 0 spiro atoms. The van der Waals surface area contributed by atoms with E-state index in [0.717, 1.165) is 0 Å². The summed E-state index contributed by atoms with van der Waals surface area (Å²) in [4.78, 5) is 9.65. The molecular formula is CH3N5O2. The number of nitrogens with zero attached hydrogens (tertiary/aromatic N) is 3. The highest BCUT2D eigenvalue weighted by Crippen LogP contribution is 2.01. The van der Waals surface area contributed by atoms with Gasteiger partial charge in [0.15, 0.2) is 5.03 Å². The number of nitro groups is 1. The highest BCUT2D eigenvalue weighted by molar-refractivity contribution is 4.61. The first-order valence-corrected chi connectivity index (χ1v) is 1.85. The Labute approximate surface area is 44.5 Å². The third-order valence-corrected chi connectivity index (χ3v) is 0.730. The molecule has 0 aliphatic carbocycles. The van der Waals surface area contributed by atoms with Crippen molar-refractivity contribution in [1.29, 1.82) is 0 Å². The molecule has 1 aliphatic heterocycles. The van der Waals surface area contributed by atoms with E-state index in [2.05, 4.69) is 5.43 Å². The van der Waals surface area contributed by atoms with E-state index in [1.54, 1.807) is 5.43 Å². The van der Waals surface area contributed by atoms with Crippen molar-refractivity contribution in [2.75, 3.05) is 0 Å². The molecule has 1 unspecified atom stereocenters. The second kappa shape index (κ2) is 1.54. The summed E-state index contributed by atoms with van der Waals surface area (Å²) in [6.45, 7) is 0. The van der Waals surface area contributed by atoms with Crippen molar-refractivity contribution in [2.45, 2.75) is 6.29 Å². The molecule has 0 saturated carbocycles. The van der Waals surface area contributed by atoms with Gasteiger partial charge < -0.3 is 0 Å². The number of hydrogen-bond donors (Lipinski definition) is 2. The minimum absolute atomic E-state index is 0.625. The molecule has 1 heterocycles. The molecule has 0 aromatic heterocycles. The van der Waals surface area contributed by atoms with E-state index in [0.29, 0.717) is 5.12 Å². The van der Waals surface area contributed by atoms with Gasteiger partial charge in [0.2, 0.25) is 6.29 Å². The molecule has 1 aliphatic rings. The number of hydrazine groups is 2. The Morgan fingerprint density at radius 1 is 2.00 bits per heavy atom. The second-order valence-corrected chi connectivity index (χ2v) is 1.24. The van der Waals surface area contributed by atoms with Gasteiger partial charge in [-0.25, -0.2) is 10.1 Å². The molecule has 2 N–H and O–H groups in total. The largest absolute Gasteiger partial charge is 0.247 e. The molecule has 2 radical (unpaired) electrons. The van der Waals surface area contributed by atoms with E-state index in [1.165, 1.54) is 0 Å². The van der Waals surface area contributed by atoms with Crippen LogP contribution in [0.1, 0.15) is 0 Å². The lowest BCUT2D eigenvalue weighted by molar-refractivity contribution is -0.627. The smallest absolute Gasteiger partial charge is 0.233 e. The molecule has 8 heavy (non-hydrogen) atoms. The standard InChI is InChI=1S/CH3N5O2/c2-3-1-4-5(1)6(7)8/h1,3-4H. The average molecular weight is 117 g/mol. The molecule has 0 aromatic rings. The van der Waals surface area contributed by atoms with Gasteiger partial charge in [0, 0.05) is 0 Å². The minimum Gasteiger partial charge on any atom is -0.233 e. The summed E-state index contributed by atoms with van der Waals surface area (Å²) in [6.07, 6.45) is -0.718. The molecular weight excluding hydrogens is 114 g/mol. The lowest BCUT2D eigenvalue weighted by atomic mass is 11.1. The third-order valence-electron chi connectivity index (χ3n) is 0.730. The molecule has 1 atom stereocenters. The maximum Gasteiger partial charge on any atom is 0.247 e. The van der Waals surface area contributed by atoms with Crippen LogP contribution in [0.2, 0.25) is 0 Å². The van der Waals surface area contributed by atoms with Gasteiger partial charge in [-0.2, -0.15) is 5.43 Å². The summed E-state index contributed by atoms with van der Waals surface area (Å²) in [5.41, 5.74) is 3.83. The van der Waals surface area contributed by atoms with Gasteiger partial charge >= 0.3 is 0 Å². The van der Waals surface area contributed by atoms with E-state index < -0.39 is 11.3 Å². The quantitative estimate of drug-likeness (QED) is 0.244. The molecule has 0 bridgehead atoms. The molecule has 7 nitrogen and oxygen atoms in total. The van der Waals surface area contributed by atoms with Gasteiger partial charge in [0.1, 0.15) is 0 Å². The van der Waals surface area contributed by atoms with E-state index in [9.17, 15) is 10.1 Å². The van der Waals surface area contributed by atoms with E-state index in [-0.39, 0.29) is 0 Å². The summed E-state index contributed by atoms with van der Waals surface area (Å²) < 4.78 is 0. The molecule has 7 heteroatoms.